The highest BCUT2D eigenvalue weighted by Gasteiger charge is 2.28. The number of rotatable bonds is 2. The molecule has 0 aliphatic carbocycles. The van der Waals surface area contributed by atoms with Crippen LogP contribution in [0.4, 0.5) is 4.79 Å². The molecule has 0 fully saturated rings. The van der Waals surface area contributed by atoms with Crippen molar-refractivity contribution in [1.82, 2.24) is 9.88 Å². The Morgan fingerprint density at radius 1 is 1.38 bits per heavy atom. The van der Waals surface area contributed by atoms with Crippen LogP contribution in [-0.2, 0) is 17.7 Å². The highest BCUT2D eigenvalue weighted by Crippen LogP contribution is 2.35. The standard InChI is InChI=1S/C18H23BrN2O3/c1-5-23-16-9-15-11(8-13(16)19)12-10-21(7-6-14(12)20-15)17(22)24-18(2,3)4/h8-9,20H,5-7,10H2,1-4H3. The summed E-state index contributed by atoms with van der Waals surface area (Å²) in [7, 11) is 0. The smallest absolute Gasteiger partial charge is 0.410 e. The average molecular weight is 395 g/mol. The van der Waals surface area contributed by atoms with E-state index in [1.165, 1.54) is 5.69 Å². The summed E-state index contributed by atoms with van der Waals surface area (Å²) in [6.45, 7) is 9.47. The molecule has 1 amide bonds. The molecule has 0 bridgehead atoms. The first-order chi connectivity index (χ1) is 11.3. The third-order valence-electron chi connectivity index (χ3n) is 3.98. The second-order valence-corrected chi connectivity index (χ2v) is 7.85. The molecule has 0 saturated carbocycles. The molecule has 0 saturated heterocycles. The summed E-state index contributed by atoms with van der Waals surface area (Å²) in [6.07, 6.45) is 0.540. The maximum Gasteiger partial charge on any atom is 0.410 e. The van der Waals surface area contributed by atoms with E-state index in [0.717, 1.165) is 33.1 Å². The number of aromatic amines is 1. The zero-order valence-electron chi connectivity index (χ0n) is 14.5. The molecular weight excluding hydrogens is 372 g/mol. The van der Waals surface area contributed by atoms with Gasteiger partial charge in [-0.25, -0.2) is 4.79 Å². The van der Waals surface area contributed by atoms with Gasteiger partial charge in [-0.3, -0.25) is 0 Å². The van der Waals surface area contributed by atoms with Crippen LogP contribution in [-0.4, -0.2) is 34.7 Å². The molecule has 3 rings (SSSR count). The van der Waals surface area contributed by atoms with Crippen LogP contribution in [0.1, 0.15) is 39.0 Å². The molecule has 5 nitrogen and oxygen atoms in total. The summed E-state index contributed by atoms with van der Waals surface area (Å²) in [5, 5.41) is 1.12. The van der Waals surface area contributed by atoms with Crippen molar-refractivity contribution in [1.29, 1.82) is 0 Å². The second kappa shape index (κ2) is 6.31. The summed E-state index contributed by atoms with van der Waals surface area (Å²) in [4.78, 5) is 17.6. The third kappa shape index (κ3) is 3.38. The van der Waals surface area contributed by atoms with Crippen LogP contribution in [0.3, 0.4) is 0 Å². The molecule has 6 heteroatoms. The first-order valence-electron chi connectivity index (χ1n) is 8.22. The zero-order valence-corrected chi connectivity index (χ0v) is 16.1. The van der Waals surface area contributed by atoms with Gasteiger partial charge in [-0.2, -0.15) is 0 Å². The van der Waals surface area contributed by atoms with Gasteiger partial charge in [-0.15, -0.1) is 0 Å². The summed E-state index contributed by atoms with van der Waals surface area (Å²) in [5.74, 6) is 0.826. The minimum atomic E-state index is -0.479. The predicted molar refractivity (Wildman–Crippen MR) is 97.5 cm³/mol. The Morgan fingerprint density at radius 3 is 2.79 bits per heavy atom. The molecule has 0 spiro atoms. The number of hydrogen-bond acceptors (Lipinski definition) is 3. The third-order valence-corrected chi connectivity index (χ3v) is 4.60. The van der Waals surface area contributed by atoms with E-state index in [1.807, 2.05) is 33.8 Å². The fourth-order valence-electron chi connectivity index (χ4n) is 2.97. The van der Waals surface area contributed by atoms with Gasteiger partial charge in [0.15, 0.2) is 0 Å². The Morgan fingerprint density at radius 2 is 2.12 bits per heavy atom. The Hall–Kier alpha value is -1.69. The summed E-state index contributed by atoms with van der Waals surface area (Å²) in [6, 6.07) is 4.08. The highest BCUT2D eigenvalue weighted by molar-refractivity contribution is 9.10. The summed E-state index contributed by atoms with van der Waals surface area (Å²) >= 11 is 3.57. The maximum absolute atomic E-state index is 12.4. The van der Waals surface area contributed by atoms with Gasteiger partial charge < -0.3 is 19.4 Å². The van der Waals surface area contributed by atoms with E-state index in [9.17, 15) is 4.79 Å². The van der Waals surface area contributed by atoms with Crippen molar-refractivity contribution in [3.63, 3.8) is 0 Å². The SMILES string of the molecule is CCOc1cc2[nH]c3c(c2cc1Br)CN(C(=O)OC(C)(C)C)CC3. The lowest BCUT2D eigenvalue weighted by molar-refractivity contribution is 0.0224. The number of fused-ring (bicyclic) bond motifs is 3. The number of amides is 1. The highest BCUT2D eigenvalue weighted by atomic mass is 79.9. The number of hydrogen-bond donors (Lipinski definition) is 1. The Labute approximate surface area is 150 Å². The van der Waals surface area contributed by atoms with Crippen LogP contribution < -0.4 is 4.74 Å². The first-order valence-corrected chi connectivity index (χ1v) is 9.01. The van der Waals surface area contributed by atoms with Gasteiger partial charge in [-0.1, -0.05) is 0 Å². The molecule has 130 valence electrons. The first kappa shape index (κ1) is 17.1. The molecule has 1 aromatic carbocycles. The van der Waals surface area contributed by atoms with Gasteiger partial charge in [0.05, 0.1) is 17.6 Å². The molecule has 2 heterocycles. The molecule has 2 aromatic rings. The summed E-state index contributed by atoms with van der Waals surface area (Å²) < 4.78 is 12.1. The number of nitrogens with one attached hydrogen (secondary N) is 1. The number of carbonyl (C=O) groups excluding carboxylic acids is 1. The van der Waals surface area contributed by atoms with E-state index in [4.69, 9.17) is 9.47 Å². The van der Waals surface area contributed by atoms with Crippen LogP contribution in [0, 0.1) is 0 Å². The lowest BCUT2D eigenvalue weighted by Gasteiger charge is -2.30. The Bertz CT molecular complexity index is 777. The minimum absolute atomic E-state index is 0.257. The topological polar surface area (TPSA) is 54.6 Å². The quantitative estimate of drug-likeness (QED) is 0.807. The number of halogens is 1. The van der Waals surface area contributed by atoms with Gasteiger partial charge in [0, 0.05) is 41.2 Å². The van der Waals surface area contributed by atoms with E-state index in [1.54, 1.807) is 4.90 Å². The van der Waals surface area contributed by atoms with Gasteiger partial charge in [0.1, 0.15) is 11.4 Å². The molecule has 1 aliphatic rings. The zero-order chi connectivity index (χ0) is 17.5. The normalized spacial score (nSPS) is 14.6. The van der Waals surface area contributed by atoms with Crippen LogP contribution in [0.15, 0.2) is 16.6 Å². The van der Waals surface area contributed by atoms with Crippen LogP contribution in [0.5, 0.6) is 5.75 Å². The van der Waals surface area contributed by atoms with Crippen molar-refractivity contribution >= 4 is 32.9 Å². The number of carbonyl (C=O) groups is 1. The number of H-pyrrole nitrogens is 1. The van der Waals surface area contributed by atoms with Crippen LogP contribution in [0.2, 0.25) is 0 Å². The van der Waals surface area contributed by atoms with Crippen molar-refractivity contribution in [2.45, 2.75) is 46.3 Å². The second-order valence-electron chi connectivity index (χ2n) is 7.00. The van der Waals surface area contributed by atoms with E-state index < -0.39 is 5.60 Å². The largest absolute Gasteiger partial charge is 0.493 e. The monoisotopic (exact) mass is 394 g/mol. The number of ether oxygens (including phenoxy) is 2. The maximum atomic E-state index is 12.4. The predicted octanol–water partition coefficient (Wildman–Crippen LogP) is 4.62. The number of nitrogens with zero attached hydrogens (tertiary/aromatic N) is 1. The van der Waals surface area contributed by atoms with Gasteiger partial charge in [0.25, 0.3) is 0 Å². The van der Waals surface area contributed by atoms with Crippen molar-refractivity contribution in [2.24, 2.45) is 0 Å². The van der Waals surface area contributed by atoms with E-state index in [2.05, 4.69) is 27.0 Å². The van der Waals surface area contributed by atoms with Crippen LogP contribution >= 0.6 is 15.9 Å². The average Bonchev–Trinajstić information content (AvgIpc) is 2.83. The minimum Gasteiger partial charge on any atom is -0.493 e. The molecule has 1 N–H and O–H groups in total. The molecule has 24 heavy (non-hydrogen) atoms. The molecular formula is C18H23BrN2O3. The lowest BCUT2D eigenvalue weighted by atomic mass is 10.0. The molecule has 0 unspecified atom stereocenters. The van der Waals surface area contributed by atoms with E-state index in [-0.39, 0.29) is 6.09 Å². The van der Waals surface area contributed by atoms with Gasteiger partial charge in [0.2, 0.25) is 0 Å². The molecule has 1 aromatic heterocycles. The van der Waals surface area contributed by atoms with Gasteiger partial charge >= 0.3 is 6.09 Å². The molecule has 0 atom stereocenters. The molecule has 1 aliphatic heterocycles. The number of aromatic nitrogens is 1. The van der Waals surface area contributed by atoms with Crippen molar-refractivity contribution in [3.05, 3.63) is 27.9 Å². The number of benzene rings is 1. The van der Waals surface area contributed by atoms with Crippen molar-refractivity contribution in [2.75, 3.05) is 13.2 Å². The summed E-state index contributed by atoms with van der Waals surface area (Å²) in [5.41, 5.74) is 2.90. The fourth-order valence-corrected chi connectivity index (χ4v) is 3.42. The van der Waals surface area contributed by atoms with Crippen molar-refractivity contribution < 1.29 is 14.3 Å². The molecule has 0 radical (unpaired) electrons. The van der Waals surface area contributed by atoms with E-state index >= 15 is 0 Å². The Kier molecular flexibility index (Phi) is 4.51. The Balaban J connectivity index is 1.90. The van der Waals surface area contributed by atoms with E-state index in [0.29, 0.717) is 19.7 Å². The van der Waals surface area contributed by atoms with Gasteiger partial charge in [-0.05, 0) is 49.7 Å². The lowest BCUT2D eigenvalue weighted by Crippen LogP contribution is -2.39. The fraction of sp³-hybridized carbons (Fsp3) is 0.500. The van der Waals surface area contributed by atoms with Crippen LogP contribution in [0.25, 0.3) is 10.9 Å². The van der Waals surface area contributed by atoms with Crippen molar-refractivity contribution in [3.8, 4) is 5.75 Å².